The van der Waals surface area contributed by atoms with E-state index < -0.39 is 32.5 Å². The van der Waals surface area contributed by atoms with Crippen molar-refractivity contribution in [2.75, 3.05) is 47.5 Å². The summed E-state index contributed by atoms with van der Waals surface area (Å²) in [6.07, 6.45) is 49.6. The number of unbranched alkanes of at least 4 members (excludes halogenated alkanes) is 14. The van der Waals surface area contributed by atoms with Crippen LogP contribution in [0, 0.1) is 0 Å². The van der Waals surface area contributed by atoms with Crippen molar-refractivity contribution in [1.29, 1.82) is 0 Å². The average molecular weight is 835 g/mol. The Morgan fingerprint density at radius 3 is 1.47 bits per heavy atom. The Morgan fingerprint density at radius 2 is 0.948 bits per heavy atom. The van der Waals surface area contributed by atoms with E-state index in [-0.39, 0.29) is 26.1 Å². The van der Waals surface area contributed by atoms with Crippen molar-refractivity contribution in [3.05, 3.63) is 72.9 Å². The summed E-state index contributed by atoms with van der Waals surface area (Å²) in [7, 11) is 1.42. The first-order chi connectivity index (χ1) is 28.0. The van der Waals surface area contributed by atoms with Crippen LogP contribution in [0.2, 0.25) is 0 Å². The van der Waals surface area contributed by atoms with Gasteiger partial charge >= 0.3 is 19.8 Å². The van der Waals surface area contributed by atoms with Crippen molar-refractivity contribution in [2.45, 2.75) is 174 Å². The topological polar surface area (TPSA) is 108 Å². The van der Waals surface area contributed by atoms with Crippen LogP contribution < -0.4 is 0 Å². The van der Waals surface area contributed by atoms with E-state index in [1.54, 1.807) is 0 Å². The number of rotatable bonds is 40. The zero-order valence-corrected chi connectivity index (χ0v) is 38.4. The van der Waals surface area contributed by atoms with Gasteiger partial charge in [-0.05, 0) is 83.5 Å². The lowest BCUT2D eigenvalue weighted by Gasteiger charge is -2.24. The third-order valence-corrected chi connectivity index (χ3v) is 10.2. The second-order valence-electron chi connectivity index (χ2n) is 16.1. The van der Waals surface area contributed by atoms with E-state index >= 15 is 0 Å². The van der Waals surface area contributed by atoms with Gasteiger partial charge in [0.2, 0.25) is 0 Å². The van der Waals surface area contributed by atoms with Crippen LogP contribution in [0.25, 0.3) is 0 Å². The minimum absolute atomic E-state index is 0.0160. The van der Waals surface area contributed by atoms with Gasteiger partial charge in [0.1, 0.15) is 19.8 Å². The summed E-state index contributed by atoms with van der Waals surface area (Å²) in [6, 6.07) is 0. The molecule has 0 radical (unpaired) electrons. The highest BCUT2D eigenvalue weighted by molar-refractivity contribution is 7.47. The van der Waals surface area contributed by atoms with E-state index in [0.717, 1.165) is 64.2 Å². The van der Waals surface area contributed by atoms with Crippen LogP contribution in [0.5, 0.6) is 0 Å². The molecule has 10 heteroatoms. The first kappa shape index (κ1) is 55.5. The Hall–Kier alpha value is -2.55. The lowest BCUT2D eigenvalue weighted by molar-refractivity contribution is -0.870. The van der Waals surface area contributed by atoms with E-state index in [2.05, 4.69) is 86.8 Å². The summed E-state index contributed by atoms with van der Waals surface area (Å²) >= 11 is 0. The number of quaternary nitrogens is 1. The fourth-order valence-corrected chi connectivity index (χ4v) is 6.36. The average Bonchev–Trinajstić information content (AvgIpc) is 3.17. The van der Waals surface area contributed by atoms with Crippen LogP contribution in [0.3, 0.4) is 0 Å². The molecule has 0 heterocycles. The maximum absolute atomic E-state index is 12.7. The molecule has 0 amide bonds. The van der Waals surface area contributed by atoms with Gasteiger partial charge < -0.3 is 18.9 Å². The van der Waals surface area contributed by atoms with Gasteiger partial charge in [0, 0.05) is 12.8 Å². The molecule has 0 aliphatic heterocycles. The standard InChI is InChI=1S/C48H84NO8P/c1-6-8-10-12-14-16-18-20-22-24-26-28-30-32-34-36-38-40-47(50)54-44-46(45-56-58(52,53)55-43-42-49(3,4)5)57-48(51)41-39-37-35-33-31-29-27-25-23-21-19-17-15-13-11-9-7-2/h15,17,20-23,26-29,32,34,46H,6-14,16,18-19,24-25,30-31,33,35-45H2,1-5H3/p+1/b17-15-,22-20-,23-21-,28-26-,29-27-,34-32-/t46-/m1/s1. The van der Waals surface area contributed by atoms with E-state index in [1.807, 2.05) is 21.1 Å². The lowest BCUT2D eigenvalue weighted by Crippen LogP contribution is -2.37. The number of hydrogen-bond acceptors (Lipinski definition) is 7. The number of likely N-dealkylation sites (N-methyl/N-ethyl adjacent to an activating group) is 1. The first-order valence-corrected chi connectivity index (χ1v) is 24.2. The molecular weight excluding hydrogens is 750 g/mol. The Kier molecular flexibility index (Phi) is 38.1. The molecule has 0 fully saturated rings. The molecule has 1 N–H and O–H groups in total. The summed E-state index contributed by atoms with van der Waals surface area (Å²) in [5.41, 5.74) is 0. The first-order valence-electron chi connectivity index (χ1n) is 22.7. The molecule has 1 unspecified atom stereocenters. The normalized spacial score (nSPS) is 14.2. The fourth-order valence-electron chi connectivity index (χ4n) is 5.62. The summed E-state index contributed by atoms with van der Waals surface area (Å²) in [5.74, 6) is -0.891. The van der Waals surface area contributed by atoms with Gasteiger partial charge in [-0.3, -0.25) is 18.6 Å². The van der Waals surface area contributed by atoms with E-state index in [0.29, 0.717) is 23.9 Å². The number of phosphoric ester groups is 1. The third kappa shape index (κ3) is 43.0. The molecule has 0 saturated heterocycles. The van der Waals surface area contributed by atoms with Crippen LogP contribution >= 0.6 is 7.82 Å². The second-order valence-corrected chi connectivity index (χ2v) is 17.5. The van der Waals surface area contributed by atoms with Crippen LogP contribution in [0.1, 0.15) is 168 Å². The van der Waals surface area contributed by atoms with Gasteiger partial charge in [0.25, 0.3) is 0 Å². The van der Waals surface area contributed by atoms with E-state index in [4.69, 9.17) is 18.5 Å². The summed E-state index contributed by atoms with van der Waals surface area (Å²) < 4.78 is 34.2. The van der Waals surface area contributed by atoms with Crippen LogP contribution in [-0.2, 0) is 32.7 Å². The van der Waals surface area contributed by atoms with Gasteiger partial charge in [-0.2, -0.15) is 0 Å². The minimum Gasteiger partial charge on any atom is -0.462 e. The molecule has 334 valence electrons. The summed E-state index contributed by atoms with van der Waals surface area (Å²) in [5, 5.41) is 0. The Balaban J connectivity index is 4.49. The number of allylic oxidation sites excluding steroid dienone is 12. The molecule has 0 aliphatic rings. The quantitative estimate of drug-likeness (QED) is 0.0214. The van der Waals surface area contributed by atoms with Crippen molar-refractivity contribution >= 4 is 19.8 Å². The van der Waals surface area contributed by atoms with E-state index in [9.17, 15) is 19.0 Å². The molecular formula is C48H85NO8P+. The number of ether oxygens (including phenoxy) is 2. The molecule has 9 nitrogen and oxygen atoms in total. The van der Waals surface area contributed by atoms with Crippen molar-refractivity contribution in [3.8, 4) is 0 Å². The number of carbonyl (C=O) groups excluding carboxylic acids is 2. The highest BCUT2D eigenvalue weighted by Crippen LogP contribution is 2.43. The van der Waals surface area contributed by atoms with Crippen molar-refractivity contribution in [2.24, 2.45) is 0 Å². The predicted octanol–water partition coefficient (Wildman–Crippen LogP) is 13.0. The van der Waals surface area contributed by atoms with Crippen LogP contribution in [0.4, 0.5) is 0 Å². The molecule has 0 aliphatic carbocycles. The van der Waals surface area contributed by atoms with Crippen LogP contribution in [-0.4, -0.2) is 74.9 Å². The molecule has 0 aromatic heterocycles. The van der Waals surface area contributed by atoms with Crippen molar-refractivity contribution < 1.29 is 42.1 Å². The van der Waals surface area contributed by atoms with Crippen molar-refractivity contribution in [3.63, 3.8) is 0 Å². The van der Waals surface area contributed by atoms with Gasteiger partial charge in [-0.15, -0.1) is 0 Å². The van der Waals surface area contributed by atoms with Gasteiger partial charge in [0.15, 0.2) is 6.10 Å². The molecule has 0 spiro atoms. The Bertz CT molecular complexity index is 1220. The molecule has 0 saturated carbocycles. The number of esters is 2. The highest BCUT2D eigenvalue weighted by atomic mass is 31.2. The summed E-state index contributed by atoms with van der Waals surface area (Å²) in [4.78, 5) is 35.4. The molecule has 0 aromatic rings. The molecule has 2 atom stereocenters. The van der Waals surface area contributed by atoms with Gasteiger partial charge in [0.05, 0.1) is 27.7 Å². The number of carbonyl (C=O) groups is 2. The zero-order valence-electron chi connectivity index (χ0n) is 37.5. The number of hydrogen-bond donors (Lipinski definition) is 1. The number of phosphoric acid groups is 1. The molecule has 58 heavy (non-hydrogen) atoms. The highest BCUT2D eigenvalue weighted by Gasteiger charge is 2.27. The Labute approximate surface area is 355 Å². The lowest BCUT2D eigenvalue weighted by atomic mass is 10.1. The maximum Gasteiger partial charge on any atom is 0.472 e. The monoisotopic (exact) mass is 835 g/mol. The van der Waals surface area contributed by atoms with Gasteiger partial charge in [-0.25, -0.2) is 4.57 Å². The third-order valence-electron chi connectivity index (χ3n) is 9.21. The SMILES string of the molecule is CCCCC/C=C\C/C=C\C/C=C\CCCCCCC(=O)O[C@H](COC(=O)CCC/C=C\C/C=C\C/C=C\CCCCCCCC)COP(=O)(O)OCC[N+](C)(C)C. The largest absolute Gasteiger partial charge is 0.472 e. The van der Waals surface area contributed by atoms with Crippen molar-refractivity contribution in [1.82, 2.24) is 0 Å². The minimum atomic E-state index is -4.40. The summed E-state index contributed by atoms with van der Waals surface area (Å²) in [6.45, 7) is 4.29. The molecule has 0 aromatic carbocycles. The van der Waals surface area contributed by atoms with E-state index in [1.165, 1.54) is 64.2 Å². The Morgan fingerprint density at radius 1 is 0.534 bits per heavy atom. The molecule has 0 bridgehead atoms. The zero-order chi connectivity index (χ0) is 42.8. The maximum atomic E-state index is 12.7. The fraction of sp³-hybridized carbons (Fsp3) is 0.708. The smallest absolute Gasteiger partial charge is 0.462 e. The molecule has 0 rings (SSSR count). The second kappa shape index (κ2) is 39.9. The predicted molar refractivity (Wildman–Crippen MR) is 242 cm³/mol. The number of nitrogens with zero attached hydrogens (tertiary/aromatic N) is 1. The van der Waals surface area contributed by atoms with Crippen LogP contribution in [0.15, 0.2) is 72.9 Å². The van der Waals surface area contributed by atoms with Gasteiger partial charge in [-0.1, -0.05) is 145 Å².